The van der Waals surface area contributed by atoms with Crippen molar-refractivity contribution in [2.24, 2.45) is 0 Å². The Morgan fingerprint density at radius 3 is 2.76 bits per heavy atom. The molecule has 4 nitrogen and oxygen atoms in total. The molecule has 6 heteroatoms. The molecule has 2 rings (SSSR count). The van der Waals surface area contributed by atoms with Crippen LogP contribution in [0.1, 0.15) is 19.8 Å². The second kappa shape index (κ2) is 8.61. The maximum Gasteiger partial charge on any atom is 0.263 e. The number of ether oxygens (including phenoxy) is 1. The van der Waals surface area contributed by atoms with Crippen LogP contribution >= 0.6 is 28.3 Å². The fourth-order valence-electron chi connectivity index (χ4n) is 2.57. The third kappa shape index (κ3) is 4.87. The van der Waals surface area contributed by atoms with E-state index in [0.717, 1.165) is 36.2 Å². The van der Waals surface area contributed by atoms with E-state index in [1.807, 2.05) is 43.1 Å². The molecule has 0 aromatic heterocycles. The number of rotatable bonds is 5. The normalized spacial score (nSPS) is 19.0. The zero-order valence-corrected chi connectivity index (χ0v) is 14.7. The molecule has 1 aliphatic heterocycles. The molecule has 1 fully saturated rings. The van der Waals surface area contributed by atoms with Crippen molar-refractivity contribution in [2.75, 3.05) is 20.1 Å². The van der Waals surface area contributed by atoms with Crippen LogP contribution in [0.15, 0.2) is 28.7 Å². The SMILES string of the molecule is CNCC1CCCN1C(=O)C(C)Oc1ccc(Br)cc1.Cl. The molecule has 1 aromatic carbocycles. The van der Waals surface area contributed by atoms with Gasteiger partial charge in [0, 0.05) is 23.6 Å². The molecular weight excluding hydrogens is 356 g/mol. The van der Waals surface area contributed by atoms with E-state index in [9.17, 15) is 4.79 Å². The molecule has 21 heavy (non-hydrogen) atoms. The average Bonchev–Trinajstić information content (AvgIpc) is 2.89. The van der Waals surface area contributed by atoms with Crippen LogP contribution in [0, 0.1) is 0 Å². The minimum atomic E-state index is -0.450. The number of amides is 1. The third-order valence-corrected chi connectivity index (χ3v) is 4.10. The first-order valence-corrected chi connectivity index (χ1v) is 7.78. The van der Waals surface area contributed by atoms with Gasteiger partial charge in [0.2, 0.25) is 0 Å². The summed E-state index contributed by atoms with van der Waals surface area (Å²) >= 11 is 3.38. The van der Waals surface area contributed by atoms with Crippen LogP contribution in [0.25, 0.3) is 0 Å². The predicted octanol–water partition coefficient (Wildman–Crippen LogP) is 2.85. The maximum atomic E-state index is 12.5. The number of nitrogens with one attached hydrogen (secondary N) is 1. The van der Waals surface area contributed by atoms with E-state index >= 15 is 0 Å². The molecule has 1 N–H and O–H groups in total. The molecule has 1 heterocycles. The largest absolute Gasteiger partial charge is 0.481 e. The summed E-state index contributed by atoms with van der Waals surface area (Å²) in [6.07, 6.45) is 1.69. The van der Waals surface area contributed by atoms with E-state index < -0.39 is 6.10 Å². The van der Waals surface area contributed by atoms with Crippen LogP contribution in [0.4, 0.5) is 0 Å². The Balaban J connectivity index is 0.00000220. The van der Waals surface area contributed by atoms with Crippen molar-refractivity contribution in [1.82, 2.24) is 10.2 Å². The van der Waals surface area contributed by atoms with Crippen molar-refractivity contribution in [3.05, 3.63) is 28.7 Å². The molecule has 1 aliphatic rings. The summed E-state index contributed by atoms with van der Waals surface area (Å²) in [6.45, 7) is 3.50. The first kappa shape index (κ1) is 18.3. The number of carbonyl (C=O) groups excluding carboxylic acids is 1. The molecule has 0 bridgehead atoms. The Kier molecular flexibility index (Phi) is 7.49. The molecule has 0 saturated carbocycles. The number of halogens is 2. The van der Waals surface area contributed by atoms with E-state index in [4.69, 9.17) is 4.74 Å². The minimum Gasteiger partial charge on any atom is -0.481 e. The molecule has 0 spiro atoms. The molecule has 0 radical (unpaired) electrons. The van der Waals surface area contributed by atoms with Gasteiger partial charge in [0.25, 0.3) is 5.91 Å². The van der Waals surface area contributed by atoms with Crippen molar-refractivity contribution < 1.29 is 9.53 Å². The van der Waals surface area contributed by atoms with Gasteiger partial charge in [0.05, 0.1) is 0 Å². The van der Waals surface area contributed by atoms with Gasteiger partial charge in [-0.2, -0.15) is 0 Å². The lowest BCUT2D eigenvalue weighted by Gasteiger charge is -2.27. The molecule has 0 aliphatic carbocycles. The standard InChI is InChI=1S/C15H21BrN2O2.ClH/c1-11(20-14-7-5-12(16)6-8-14)15(19)18-9-3-4-13(18)10-17-2;/h5-8,11,13,17H,3-4,9-10H2,1-2H3;1H. The molecule has 1 aromatic rings. The van der Waals surface area contributed by atoms with Gasteiger partial charge >= 0.3 is 0 Å². The van der Waals surface area contributed by atoms with Gasteiger partial charge in [-0.1, -0.05) is 15.9 Å². The van der Waals surface area contributed by atoms with Crippen molar-refractivity contribution in [1.29, 1.82) is 0 Å². The Hall–Kier alpha value is -0.780. The monoisotopic (exact) mass is 376 g/mol. The van der Waals surface area contributed by atoms with E-state index in [2.05, 4.69) is 21.2 Å². The van der Waals surface area contributed by atoms with Crippen LogP contribution in [-0.2, 0) is 4.79 Å². The number of benzene rings is 1. The van der Waals surface area contributed by atoms with E-state index in [1.165, 1.54) is 0 Å². The molecule has 2 atom stereocenters. The Morgan fingerprint density at radius 2 is 2.14 bits per heavy atom. The highest BCUT2D eigenvalue weighted by Crippen LogP contribution is 2.21. The number of hydrogen-bond donors (Lipinski definition) is 1. The van der Waals surface area contributed by atoms with Gasteiger partial charge in [0.1, 0.15) is 5.75 Å². The third-order valence-electron chi connectivity index (χ3n) is 3.57. The van der Waals surface area contributed by atoms with Crippen molar-refractivity contribution in [3.63, 3.8) is 0 Å². The summed E-state index contributed by atoms with van der Waals surface area (Å²) in [5.41, 5.74) is 0. The van der Waals surface area contributed by atoms with Gasteiger partial charge in [-0.3, -0.25) is 4.79 Å². The Morgan fingerprint density at radius 1 is 1.48 bits per heavy atom. The summed E-state index contributed by atoms with van der Waals surface area (Å²) in [6, 6.07) is 7.84. The van der Waals surface area contributed by atoms with Crippen molar-refractivity contribution in [2.45, 2.75) is 31.9 Å². The highest BCUT2D eigenvalue weighted by Gasteiger charge is 2.31. The molecule has 1 amide bonds. The number of likely N-dealkylation sites (N-methyl/N-ethyl adjacent to an activating group) is 1. The first-order chi connectivity index (χ1) is 9.61. The number of likely N-dealkylation sites (tertiary alicyclic amines) is 1. The molecular formula is C15H22BrClN2O2. The highest BCUT2D eigenvalue weighted by molar-refractivity contribution is 9.10. The second-order valence-corrected chi connectivity index (χ2v) is 6.02. The minimum absolute atomic E-state index is 0. The lowest BCUT2D eigenvalue weighted by Crippen LogP contribution is -2.46. The average molecular weight is 378 g/mol. The summed E-state index contributed by atoms with van der Waals surface area (Å²) < 4.78 is 6.74. The lowest BCUT2D eigenvalue weighted by molar-refractivity contribution is -0.138. The van der Waals surface area contributed by atoms with E-state index in [-0.39, 0.29) is 18.3 Å². The number of hydrogen-bond acceptors (Lipinski definition) is 3. The summed E-state index contributed by atoms with van der Waals surface area (Å²) in [5.74, 6) is 0.795. The van der Waals surface area contributed by atoms with Crippen LogP contribution < -0.4 is 10.1 Å². The van der Waals surface area contributed by atoms with Crippen LogP contribution in [0.5, 0.6) is 5.75 Å². The van der Waals surface area contributed by atoms with Crippen molar-refractivity contribution in [3.8, 4) is 5.75 Å². The smallest absolute Gasteiger partial charge is 0.263 e. The Labute approximate surface area is 140 Å². The van der Waals surface area contributed by atoms with Gasteiger partial charge < -0.3 is 15.0 Å². The quantitative estimate of drug-likeness (QED) is 0.858. The highest BCUT2D eigenvalue weighted by atomic mass is 79.9. The van der Waals surface area contributed by atoms with Crippen LogP contribution in [0.2, 0.25) is 0 Å². The number of nitrogens with zero attached hydrogens (tertiary/aromatic N) is 1. The maximum absolute atomic E-state index is 12.5. The fraction of sp³-hybridized carbons (Fsp3) is 0.533. The fourth-order valence-corrected chi connectivity index (χ4v) is 2.84. The van der Waals surface area contributed by atoms with Crippen LogP contribution in [0.3, 0.4) is 0 Å². The summed E-state index contributed by atoms with van der Waals surface area (Å²) in [4.78, 5) is 14.4. The van der Waals surface area contributed by atoms with Gasteiger partial charge in [-0.05, 0) is 51.1 Å². The zero-order chi connectivity index (χ0) is 14.5. The molecule has 1 saturated heterocycles. The first-order valence-electron chi connectivity index (χ1n) is 6.99. The zero-order valence-electron chi connectivity index (χ0n) is 12.3. The predicted molar refractivity (Wildman–Crippen MR) is 90.1 cm³/mol. The van der Waals surface area contributed by atoms with E-state index in [0.29, 0.717) is 6.04 Å². The lowest BCUT2D eigenvalue weighted by atomic mass is 10.2. The summed E-state index contributed by atoms with van der Waals surface area (Å²) in [5, 5.41) is 3.15. The topological polar surface area (TPSA) is 41.6 Å². The van der Waals surface area contributed by atoms with E-state index in [1.54, 1.807) is 0 Å². The molecule has 2 unspecified atom stereocenters. The Bertz CT molecular complexity index is 455. The van der Waals surface area contributed by atoms with Gasteiger partial charge in [-0.15, -0.1) is 12.4 Å². The molecule has 118 valence electrons. The summed E-state index contributed by atoms with van der Waals surface area (Å²) in [7, 11) is 1.92. The van der Waals surface area contributed by atoms with Crippen molar-refractivity contribution >= 4 is 34.2 Å². The van der Waals surface area contributed by atoms with Crippen LogP contribution in [-0.4, -0.2) is 43.1 Å². The van der Waals surface area contributed by atoms with Gasteiger partial charge in [-0.25, -0.2) is 0 Å². The number of carbonyl (C=O) groups is 1. The second-order valence-electron chi connectivity index (χ2n) is 5.10. The van der Waals surface area contributed by atoms with Gasteiger partial charge in [0.15, 0.2) is 6.10 Å².